The Labute approximate surface area is 222 Å². The number of ketones is 1. The third-order valence-electron chi connectivity index (χ3n) is 8.27. The molecule has 0 N–H and O–H groups in total. The molecule has 3 rings (SSSR count). The van der Waals surface area contributed by atoms with Gasteiger partial charge in [-0.2, -0.15) is 0 Å². The second kappa shape index (κ2) is 14.6. The molecule has 0 radical (unpaired) electrons. The predicted molar refractivity (Wildman–Crippen MR) is 158 cm³/mol. The fourth-order valence-corrected chi connectivity index (χ4v) is 10.8. The molecule has 2 heteroatoms. The molecule has 0 saturated heterocycles. The van der Waals surface area contributed by atoms with Gasteiger partial charge in [-0.3, -0.25) is 4.79 Å². The van der Waals surface area contributed by atoms with Crippen molar-refractivity contribution in [2.45, 2.75) is 110 Å². The summed E-state index contributed by atoms with van der Waals surface area (Å²) in [6, 6.07) is 25.2. The molecular weight excluding hydrogens is 452 g/mol. The van der Waals surface area contributed by atoms with Gasteiger partial charge in [0.05, 0.1) is 5.41 Å². The minimum Gasteiger partial charge on any atom is -0.298 e. The van der Waals surface area contributed by atoms with Crippen molar-refractivity contribution in [3.8, 4) is 11.5 Å². The number of carbonyl (C=O) groups is 1. The number of Topliss-reactive ketones (excluding diaryl/α,β-unsaturated/α-hetero) is 1. The highest BCUT2D eigenvalue weighted by Crippen LogP contribution is 2.41. The van der Waals surface area contributed by atoms with Crippen LogP contribution < -0.4 is 0 Å². The van der Waals surface area contributed by atoms with E-state index >= 15 is 0 Å². The van der Waals surface area contributed by atoms with E-state index in [1.807, 2.05) is 0 Å². The van der Waals surface area contributed by atoms with Crippen LogP contribution in [0.15, 0.2) is 60.7 Å². The Hall–Kier alpha value is -2.11. The Morgan fingerprint density at radius 1 is 0.806 bits per heavy atom. The van der Waals surface area contributed by atoms with Crippen LogP contribution in [0.25, 0.3) is 0 Å². The quantitative estimate of drug-likeness (QED) is 0.198. The topological polar surface area (TPSA) is 17.1 Å². The first kappa shape index (κ1) is 28.5. The Bertz CT molecular complexity index is 949. The molecule has 1 saturated carbocycles. The van der Waals surface area contributed by atoms with Crippen LogP contribution in [0.4, 0.5) is 0 Å². The molecule has 0 spiro atoms. The van der Waals surface area contributed by atoms with Gasteiger partial charge in [0.1, 0.15) is 8.07 Å². The molecule has 2 aromatic carbocycles. The average Bonchev–Trinajstić information content (AvgIpc) is 2.91. The molecule has 2 aromatic rings. The van der Waals surface area contributed by atoms with E-state index in [0.717, 1.165) is 32.1 Å². The number of hydrogen-bond donors (Lipinski definition) is 0. The van der Waals surface area contributed by atoms with Crippen molar-refractivity contribution in [2.24, 2.45) is 11.3 Å². The smallest absolute Gasteiger partial charge is 0.154 e. The molecule has 0 aliphatic heterocycles. The third-order valence-corrected chi connectivity index (χ3v) is 12.9. The summed E-state index contributed by atoms with van der Waals surface area (Å²) in [5.74, 6) is 4.37. The lowest BCUT2D eigenvalue weighted by Crippen LogP contribution is -2.42. The van der Waals surface area contributed by atoms with Gasteiger partial charge >= 0.3 is 0 Å². The number of benzene rings is 2. The van der Waals surface area contributed by atoms with Crippen molar-refractivity contribution in [2.75, 3.05) is 0 Å². The molecular formula is C34H48OSi. The maximum absolute atomic E-state index is 14.3. The second-order valence-corrected chi connectivity index (χ2v) is 15.5. The van der Waals surface area contributed by atoms with Crippen LogP contribution in [0.3, 0.4) is 0 Å². The van der Waals surface area contributed by atoms with E-state index in [0.29, 0.717) is 5.78 Å². The monoisotopic (exact) mass is 500 g/mol. The van der Waals surface area contributed by atoms with E-state index in [4.69, 9.17) is 0 Å². The van der Waals surface area contributed by atoms with Crippen molar-refractivity contribution in [3.63, 3.8) is 0 Å². The molecule has 0 amide bonds. The van der Waals surface area contributed by atoms with E-state index in [-0.39, 0.29) is 5.92 Å². The fraction of sp³-hybridized carbons (Fsp3) is 0.559. The number of carbonyl (C=O) groups excluding carboxylic acids is 1. The highest BCUT2D eigenvalue weighted by atomic mass is 28.3. The zero-order valence-electron chi connectivity index (χ0n) is 23.2. The minimum absolute atomic E-state index is 0.0807. The number of hydrogen-bond acceptors (Lipinski definition) is 1. The van der Waals surface area contributed by atoms with E-state index in [9.17, 15) is 4.79 Å². The Balaban J connectivity index is 2.00. The molecule has 1 aliphatic rings. The Morgan fingerprint density at radius 3 is 1.86 bits per heavy atom. The molecule has 36 heavy (non-hydrogen) atoms. The molecule has 0 aromatic heterocycles. The summed E-state index contributed by atoms with van der Waals surface area (Å²) in [5.41, 5.74) is 6.05. The van der Waals surface area contributed by atoms with Crippen LogP contribution in [0.5, 0.6) is 0 Å². The average molecular weight is 501 g/mol. The summed E-state index contributed by atoms with van der Waals surface area (Å²) in [5, 5.41) is 0. The zero-order chi connectivity index (χ0) is 25.7. The molecule has 0 heterocycles. The standard InChI is InChI=1S/C34H48OSi/c1-4-7-24-36(25-8-5-2,26-9-6-3)27-23-34(29-31-19-14-11-15-20-31)22-16-21-32(33(34)35)28-30-17-12-10-13-18-30/h10-15,17-20,32H,4-9,16,21-22,24-26,28-29H2,1-3H3/t32-,34-/m1/s1. The van der Waals surface area contributed by atoms with Crippen LogP contribution in [-0.4, -0.2) is 13.9 Å². The summed E-state index contributed by atoms with van der Waals surface area (Å²) in [7, 11) is -1.75. The van der Waals surface area contributed by atoms with Crippen LogP contribution in [0.2, 0.25) is 18.1 Å². The van der Waals surface area contributed by atoms with Crippen molar-refractivity contribution >= 4 is 13.9 Å². The van der Waals surface area contributed by atoms with Gasteiger partial charge in [0.25, 0.3) is 0 Å². The molecule has 1 nitrogen and oxygen atoms in total. The predicted octanol–water partition coefficient (Wildman–Crippen LogP) is 9.22. The van der Waals surface area contributed by atoms with Crippen molar-refractivity contribution in [3.05, 3.63) is 71.8 Å². The van der Waals surface area contributed by atoms with Gasteiger partial charge in [-0.1, -0.05) is 132 Å². The maximum atomic E-state index is 14.3. The van der Waals surface area contributed by atoms with Crippen LogP contribution in [-0.2, 0) is 17.6 Å². The van der Waals surface area contributed by atoms with Gasteiger partial charge in [0.2, 0.25) is 0 Å². The lowest BCUT2D eigenvalue weighted by molar-refractivity contribution is -0.132. The lowest BCUT2D eigenvalue weighted by Gasteiger charge is -2.37. The molecule has 1 aliphatic carbocycles. The second-order valence-electron chi connectivity index (χ2n) is 11.2. The molecule has 0 unspecified atom stereocenters. The number of unbranched alkanes of at least 4 members (excludes halogenated alkanes) is 3. The lowest BCUT2D eigenvalue weighted by atomic mass is 9.65. The largest absolute Gasteiger partial charge is 0.298 e. The maximum Gasteiger partial charge on any atom is 0.154 e. The summed E-state index contributed by atoms with van der Waals surface area (Å²) in [4.78, 5) is 14.3. The summed E-state index contributed by atoms with van der Waals surface area (Å²) >= 11 is 0. The van der Waals surface area contributed by atoms with Gasteiger partial charge in [-0.15, -0.1) is 5.54 Å². The van der Waals surface area contributed by atoms with E-state index in [1.165, 1.54) is 67.8 Å². The summed E-state index contributed by atoms with van der Waals surface area (Å²) in [6.45, 7) is 6.92. The SMILES string of the molecule is CCCC[Si](C#C[C@@]1(Cc2ccccc2)CCC[C@H](Cc2ccccc2)C1=O)(CCCC)CCCC. The van der Waals surface area contributed by atoms with Gasteiger partial charge in [-0.05, 0) is 54.9 Å². The first-order valence-corrected chi connectivity index (χ1v) is 17.3. The van der Waals surface area contributed by atoms with Gasteiger partial charge in [-0.25, -0.2) is 0 Å². The van der Waals surface area contributed by atoms with Crippen molar-refractivity contribution in [1.82, 2.24) is 0 Å². The zero-order valence-corrected chi connectivity index (χ0v) is 24.2. The summed E-state index contributed by atoms with van der Waals surface area (Å²) < 4.78 is 0. The first-order valence-electron chi connectivity index (χ1n) is 14.7. The highest BCUT2D eigenvalue weighted by molar-refractivity contribution is 6.87. The van der Waals surface area contributed by atoms with Crippen molar-refractivity contribution < 1.29 is 4.79 Å². The molecule has 1 fully saturated rings. The Morgan fingerprint density at radius 2 is 1.33 bits per heavy atom. The highest BCUT2D eigenvalue weighted by Gasteiger charge is 2.44. The number of rotatable bonds is 13. The molecule has 0 bridgehead atoms. The molecule has 194 valence electrons. The van der Waals surface area contributed by atoms with Gasteiger partial charge in [0.15, 0.2) is 5.78 Å². The van der Waals surface area contributed by atoms with E-state index < -0.39 is 13.5 Å². The van der Waals surface area contributed by atoms with Crippen LogP contribution in [0, 0.1) is 22.8 Å². The van der Waals surface area contributed by atoms with Gasteiger partial charge < -0.3 is 0 Å². The minimum atomic E-state index is -1.75. The normalized spacial score (nSPS) is 20.1. The molecule has 2 atom stereocenters. The van der Waals surface area contributed by atoms with E-state index in [1.54, 1.807) is 0 Å². The summed E-state index contributed by atoms with van der Waals surface area (Å²) in [6.07, 6.45) is 12.2. The Kier molecular flexibility index (Phi) is 11.5. The fourth-order valence-electron chi connectivity index (χ4n) is 6.04. The van der Waals surface area contributed by atoms with Crippen molar-refractivity contribution in [1.29, 1.82) is 0 Å². The third kappa shape index (κ3) is 7.94. The van der Waals surface area contributed by atoms with Crippen LogP contribution >= 0.6 is 0 Å². The van der Waals surface area contributed by atoms with Crippen LogP contribution in [0.1, 0.15) is 89.7 Å². The first-order chi connectivity index (χ1) is 17.6. The van der Waals surface area contributed by atoms with E-state index in [2.05, 4.69) is 92.9 Å². The van der Waals surface area contributed by atoms with Gasteiger partial charge in [0, 0.05) is 5.92 Å².